The van der Waals surface area contributed by atoms with Crippen molar-refractivity contribution in [3.05, 3.63) is 58.9 Å². The summed E-state index contributed by atoms with van der Waals surface area (Å²) < 4.78 is 19.6. The molecule has 8 heteroatoms. The monoisotopic (exact) mass is 405 g/mol. The molecule has 0 aromatic heterocycles. The van der Waals surface area contributed by atoms with Crippen LogP contribution in [-0.4, -0.2) is 43.1 Å². The van der Waals surface area contributed by atoms with Gasteiger partial charge in [-0.1, -0.05) is 23.7 Å². The summed E-state index contributed by atoms with van der Waals surface area (Å²) >= 11 is 6.00. The average Bonchev–Trinajstić information content (AvgIpc) is 2.71. The SMILES string of the molecule is CNC(=O)c1cccc(NC(=O)N2CCC(Oc3c(F)cccc3Cl)CC2)c1. The molecule has 2 N–H and O–H groups in total. The molecule has 148 valence electrons. The molecule has 0 saturated carbocycles. The van der Waals surface area contributed by atoms with Crippen LogP contribution in [0.15, 0.2) is 42.5 Å². The molecule has 1 aliphatic rings. The number of amides is 3. The number of para-hydroxylation sites is 1. The maximum absolute atomic E-state index is 13.9. The lowest BCUT2D eigenvalue weighted by atomic mass is 10.1. The molecule has 1 saturated heterocycles. The molecule has 0 unspecified atom stereocenters. The molecule has 3 amide bonds. The Hall–Kier alpha value is -2.80. The van der Waals surface area contributed by atoms with Crippen LogP contribution in [0.3, 0.4) is 0 Å². The van der Waals surface area contributed by atoms with Crippen LogP contribution in [0.1, 0.15) is 23.2 Å². The molecule has 1 heterocycles. The third-order valence-corrected chi connectivity index (χ3v) is 4.83. The van der Waals surface area contributed by atoms with Gasteiger partial charge in [0.15, 0.2) is 11.6 Å². The summed E-state index contributed by atoms with van der Waals surface area (Å²) in [6, 6.07) is 10.9. The first kappa shape index (κ1) is 19.9. The quantitative estimate of drug-likeness (QED) is 0.810. The zero-order valence-electron chi connectivity index (χ0n) is 15.4. The third kappa shape index (κ3) is 4.72. The van der Waals surface area contributed by atoms with E-state index in [9.17, 15) is 14.0 Å². The minimum Gasteiger partial charge on any atom is -0.486 e. The lowest BCUT2D eigenvalue weighted by Gasteiger charge is -2.32. The van der Waals surface area contributed by atoms with Crippen LogP contribution in [0.25, 0.3) is 0 Å². The Labute approximate surface area is 167 Å². The lowest BCUT2D eigenvalue weighted by Crippen LogP contribution is -2.43. The Morgan fingerprint density at radius 2 is 1.89 bits per heavy atom. The second-order valence-electron chi connectivity index (χ2n) is 6.45. The van der Waals surface area contributed by atoms with Gasteiger partial charge in [-0.15, -0.1) is 0 Å². The zero-order chi connectivity index (χ0) is 20.1. The van der Waals surface area contributed by atoms with Crippen molar-refractivity contribution in [2.75, 3.05) is 25.5 Å². The van der Waals surface area contributed by atoms with Gasteiger partial charge in [0.25, 0.3) is 5.91 Å². The summed E-state index contributed by atoms with van der Waals surface area (Å²) in [4.78, 5) is 25.8. The largest absolute Gasteiger partial charge is 0.486 e. The molecule has 3 rings (SSSR count). The second-order valence-corrected chi connectivity index (χ2v) is 6.85. The lowest BCUT2D eigenvalue weighted by molar-refractivity contribution is 0.0962. The van der Waals surface area contributed by atoms with Gasteiger partial charge in [0.1, 0.15) is 6.10 Å². The highest BCUT2D eigenvalue weighted by atomic mass is 35.5. The molecule has 0 bridgehead atoms. The number of rotatable bonds is 4. The predicted octanol–water partition coefficient (Wildman–Crippen LogP) is 3.91. The van der Waals surface area contributed by atoms with Gasteiger partial charge < -0.3 is 20.3 Å². The summed E-state index contributed by atoms with van der Waals surface area (Å²) in [6.07, 6.45) is 0.919. The third-order valence-electron chi connectivity index (χ3n) is 4.54. The molecule has 1 aliphatic heterocycles. The van der Waals surface area contributed by atoms with E-state index in [2.05, 4.69) is 10.6 Å². The highest BCUT2D eigenvalue weighted by molar-refractivity contribution is 6.32. The molecule has 0 spiro atoms. The fraction of sp³-hybridized carbons (Fsp3) is 0.300. The highest BCUT2D eigenvalue weighted by Crippen LogP contribution is 2.30. The van der Waals surface area contributed by atoms with Crippen molar-refractivity contribution in [2.45, 2.75) is 18.9 Å². The Balaban J connectivity index is 1.55. The van der Waals surface area contributed by atoms with Crippen LogP contribution < -0.4 is 15.4 Å². The van der Waals surface area contributed by atoms with Gasteiger partial charge in [-0.3, -0.25) is 4.79 Å². The first-order valence-electron chi connectivity index (χ1n) is 8.96. The van der Waals surface area contributed by atoms with Crippen LogP contribution in [0.2, 0.25) is 5.02 Å². The van der Waals surface area contributed by atoms with E-state index in [-0.39, 0.29) is 28.8 Å². The first-order chi connectivity index (χ1) is 13.5. The molecule has 6 nitrogen and oxygen atoms in total. The van der Waals surface area contributed by atoms with Crippen LogP contribution in [0, 0.1) is 5.82 Å². The van der Waals surface area contributed by atoms with Gasteiger partial charge in [0.2, 0.25) is 0 Å². The van der Waals surface area contributed by atoms with Crippen molar-refractivity contribution in [1.82, 2.24) is 10.2 Å². The molecule has 1 fully saturated rings. The maximum Gasteiger partial charge on any atom is 0.321 e. The van der Waals surface area contributed by atoms with Crippen molar-refractivity contribution in [3.8, 4) is 5.75 Å². The molecule has 28 heavy (non-hydrogen) atoms. The van der Waals surface area contributed by atoms with Crippen LogP contribution in [0.4, 0.5) is 14.9 Å². The van der Waals surface area contributed by atoms with Crippen molar-refractivity contribution in [1.29, 1.82) is 0 Å². The van der Waals surface area contributed by atoms with Crippen LogP contribution in [-0.2, 0) is 0 Å². The standard InChI is InChI=1S/C20H21ClFN3O3/c1-23-19(26)13-4-2-5-14(12-13)24-20(27)25-10-8-15(9-11-25)28-18-16(21)6-3-7-17(18)22/h2-7,12,15H,8-11H2,1H3,(H,23,26)(H,24,27). The number of carbonyl (C=O) groups is 2. The molecule has 0 atom stereocenters. The van der Waals surface area contributed by atoms with Gasteiger partial charge in [0.05, 0.1) is 5.02 Å². The molecule has 2 aromatic carbocycles. The van der Waals surface area contributed by atoms with E-state index < -0.39 is 5.82 Å². The fourth-order valence-electron chi connectivity index (χ4n) is 3.02. The van der Waals surface area contributed by atoms with E-state index in [1.165, 1.54) is 12.1 Å². The number of piperidine rings is 1. The summed E-state index contributed by atoms with van der Waals surface area (Å²) in [7, 11) is 1.55. The Kier molecular flexibility index (Phi) is 6.36. The highest BCUT2D eigenvalue weighted by Gasteiger charge is 2.25. The van der Waals surface area contributed by atoms with Gasteiger partial charge in [-0.05, 0) is 30.3 Å². The zero-order valence-corrected chi connectivity index (χ0v) is 16.1. The average molecular weight is 406 g/mol. The van der Waals surface area contributed by atoms with E-state index >= 15 is 0 Å². The minimum absolute atomic E-state index is 0.0538. The Bertz CT molecular complexity index is 849. The molecular formula is C20H21ClFN3O3. The van der Waals surface area contributed by atoms with E-state index in [1.54, 1.807) is 42.3 Å². The summed E-state index contributed by atoms with van der Waals surface area (Å²) in [5.74, 6) is -0.664. The van der Waals surface area contributed by atoms with Crippen LogP contribution >= 0.6 is 11.6 Å². The van der Waals surface area contributed by atoms with Crippen molar-refractivity contribution < 1.29 is 18.7 Å². The number of nitrogens with zero attached hydrogens (tertiary/aromatic N) is 1. The summed E-state index contributed by atoms with van der Waals surface area (Å²) in [6.45, 7) is 0.940. The number of hydrogen-bond acceptors (Lipinski definition) is 3. The first-order valence-corrected chi connectivity index (χ1v) is 9.34. The van der Waals surface area contributed by atoms with Crippen molar-refractivity contribution in [3.63, 3.8) is 0 Å². The number of carbonyl (C=O) groups excluding carboxylic acids is 2. The number of urea groups is 1. The topological polar surface area (TPSA) is 70.7 Å². The number of anilines is 1. The van der Waals surface area contributed by atoms with Gasteiger partial charge >= 0.3 is 6.03 Å². The van der Waals surface area contributed by atoms with Crippen LogP contribution in [0.5, 0.6) is 5.75 Å². The minimum atomic E-state index is -0.497. The number of likely N-dealkylation sites (tertiary alicyclic amines) is 1. The summed E-state index contributed by atoms with van der Waals surface area (Å²) in [5.41, 5.74) is 1.01. The smallest absolute Gasteiger partial charge is 0.321 e. The van der Waals surface area contributed by atoms with E-state index in [1.807, 2.05) is 0 Å². The summed E-state index contributed by atoms with van der Waals surface area (Å²) in [5, 5.41) is 5.58. The fourth-order valence-corrected chi connectivity index (χ4v) is 3.23. The normalized spacial score (nSPS) is 14.5. The molecular weight excluding hydrogens is 385 g/mol. The van der Waals surface area contributed by atoms with Crippen molar-refractivity contribution >= 4 is 29.2 Å². The number of nitrogens with one attached hydrogen (secondary N) is 2. The van der Waals surface area contributed by atoms with Gasteiger partial charge in [0, 0.05) is 44.2 Å². The number of halogens is 2. The van der Waals surface area contributed by atoms with E-state index in [0.29, 0.717) is 37.2 Å². The maximum atomic E-state index is 13.9. The second kappa shape index (κ2) is 8.93. The van der Waals surface area contributed by atoms with Gasteiger partial charge in [-0.2, -0.15) is 0 Å². The van der Waals surface area contributed by atoms with E-state index in [4.69, 9.17) is 16.3 Å². The number of ether oxygens (including phenoxy) is 1. The number of benzene rings is 2. The molecule has 0 aliphatic carbocycles. The predicted molar refractivity (Wildman–Crippen MR) is 105 cm³/mol. The van der Waals surface area contributed by atoms with E-state index in [0.717, 1.165) is 0 Å². The number of hydrogen-bond donors (Lipinski definition) is 2. The van der Waals surface area contributed by atoms with Gasteiger partial charge in [-0.25, -0.2) is 9.18 Å². The Morgan fingerprint density at radius 3 is 2.57 bits per heavy atom. The molecule has 0 radical (unpaired) electrons. The van der Waals surface area contributed by atoms with Crippen molar-refractivity contribution in [2.24, 2.45) is 0 Å². The molecule has 2 aromatic rings. The Morgan fingerprint density at radius 1 is 1.18 bits per heavy atom.